The van der Waals surface area contributed by atoms with E-state index in [9.17, 15) is 9.18 Å². The van der Waals surface area contributed by atoms with Crippen LogP contribution in [0.5, 0.6) is 0 Å². The summed E-state index contributed by atoms with van der Waals surface area (Å²) >= 11 is 1.42. The Labute approximate surface area is 120 Å². The third-order valence-electron chi connectivity index (χ3n) is 3.46. The van der Waals surface area contributed by atoms with E-state index in [1.807, 2.05) is 6.92 Å². The van der Waals surface area contributed by atoms with Crippen LogP contribution in [0.15, 0.2) is 18.2 Å². The molecule has 5 heteroatoms. The normalized spacial score (nSPS) is 12.1. The molecule has 3 N–H and O–H groups in total. The largest absolute Gasteiger partial charge is 0.390 e. The van der Waals surface area contributed by atoms with E-state index in [1.165, 1.54) is 23.5 Å². The molecular weight excluding hydrogens is 275 g/mol. The number of halogens is 1. The van der Waals surface area contributed by atoms with Crippen LogP contribution in [-0.2, 0) is 6.42 Å². The second-order valence-corrected chi connectivity index (χ2v) is 6.01. The molecule has 0 atom stereocenters. The summed E-state index contributed by atoms with van der Waals surface area (Å²) in [7, 11) is 0. The van der Waals surface area contributed by atoms with Crippen molar-refractivity contribution in [3.8, 4) is 11.1 Å². The van der Waals surface area contributed by atoms with Gasteiger partial charge in [-0.15, -0.1) is 11.3 Å². The van der Waals surface area contributed by atoms with Gasteiger partial charge >= 0.3 is 0 Å². The topological polar surface area (TPSA) is 55.1 Å². The lowest BCUT2D eigenvalue weighted by molar-refractivity contribution is 0.0955. The molecule has 0 spiro atoms. The van der Waals surface area contributed by atoms with Gasteiger partial charge in [0, 0.05) is 23.4 Å². The first kappa shape index (κ1) is 13.1. The van der Waals surface area contributed by atoms with Crippen LogP contribution in [0.3, 0.4) is 0 Å². The molecule has 1 heterocycles. The number of nitrogens with one attached hydrogen (secondary N) is 1. The second kappa shape index (κ2) is 4.90. The highest BCUT2D eigenvalue weighted by Crippen LogP contribution is 2.46. The molecule has 1 aliphatic carbocycles. The number of carbonyl (C=O) groups is 1. The second-order valence-electron chi connectivity index (χ2n) is 4.87. The molecule has 0 bridgehead atoms. The summed E-state index contributed by atoms with van der Waals surface area (Å²) in [5.74, 6) is -0.386. The summed E-state index contributed by atoms with van der Waals surface area (Å²) in [6.45, 7) is 2.62. The van der Waals surface area contributed by atoms with Gasteiger partial charge in [0.2, 0.25) is 0 Å². The van der Waals surface area contributed by atoms with Gasteiger partial charge < -0.3 is 11.1 Å². The Morgan fingerprint density at radius 3 is 3.05 bits per heavy atom. The molecule has 0 fully saturated rings. The van der Waals surface area contributed by atoms with Crippen LogP contribution in [0.25, 0.3) is 11.1 Å². The van der Waals surface area contributed by atoms with Gasteiger partial charge in [0.25, 0.3) is 5.91 Å². The van der Waals surface area contributed by atoms with E-state index in [1.54, 1.807) is 6.07 Å². The zero-order valence-corrected chi connectivity index (χ0v) is 11.9. The molecule has 3 rings (SSSR count). The van der Waals surface area contributed by atoms with Crippen molar-refractivity contribution in [1.29, 1.82) is 0 Å². The molecule has 1 amide bonds. The number of carbonyl (C=O) groups excluding carboxylic acids is 1. The molecule has 3 nitrogen and oxygen atoms in total. The number of hydrogen-bond acceptors (Lipinski definition) is 3. The summed E-state index contributed by atoms with van der Waals surface area (Å²) in [6.07, 6.45) is 1.53. The number of hydrogen-bond donors (Lipinski definition) is 2. The number of benzene rings is 1. The minimum absolute atomic E-state index is 0.140. The Hall–Kier alpha value is -1.88. The number of amides is 1. The zero-order chi connectivity index (χ0) is 14.3. The molecule has 0 saturated heterocycles. The summed E-state index contributed by atoms with van der Waals surface area (Å²) in [5, 5.41) is 3.40. The fraction of sp³-hybridized carbons (Fsp3) is 0.267. The third kappa shape index (κ3) is 1.98. The maximum Gasteiger partial charge on any atom is 0.254 e. The lowest BCUT2D eigenvalue weighted by Crippen LogP contribution is -2.24. The van der Waals surface area contributed by atoms with Gasteiger partial charge in [0.05, 0.1) is 10.6 Å². The summed E-state index contributed by atoms with van der Waals surface area (Å²) < 4.78 is 13.3. The van der Waals surface area contributed by atoms with Crippen LogP contribution in [0, 0.1) is 5.82 Å². The van der Waals surface area contributed by atoms with Gasteiger partial charge in [-0.25, -0.2) is 4.39 Å². The molecule has 2 aromatic rings. The highest BCUT2D eigenvalue weighted by molar-refractivity contribution is 7.17. The van der Waals surface area contributed by atoms with Crippen LogP contribution < -0.4 is 11.1 Å². The Morgan fingerprint density at radius 1 is 1.50 bits per heavy atom. The Morgan fingerprint density at radius 2 is 2.30 bits per heavy atom. The first-order chi connectivity index (χ1) is 9.61. The monoisotopic (exact) mass is 290 g/mol. The Kier molecular flexibility index (Phi) is 3.22. The smallest absolute Gasteiger partial charge is 0.254 e. The van der Waals surface area contributed by atoms with E-state index < -0.39 is 0 Å². The molecule has 1 aromatic heterocycles. The molecule has 0 radical (unpaired) electrons. The number of nitrogen functional groups attached to an aromatic ring is 1. The predicted octanol–water partition coefficient (Wildman–Crippen LogP) is 3.18. The number of rotatable bonds is 3. The molecule has 1 aliphatic rings. The van der Waals surface area contributed by atoms with E-state index in [2.05, 4.69) is 5.32 Å². The van der Waals surface area contributed by atoms with Gasteiger partial charge in [0.1, 0.15) is 5.82 Å². The maximum absolute atomic E-state index is 13.3. The molecule has 1 aromatic carbocycles. The van der Waals surface area contributed by atoms with Crippen LogP contribution in [-0.4, -0.2) is 12.5 Å². The molecule has 0 unspecified atom stereocenters. The predicted molar refractivity (Wildman–Crippen MR) is 79.6 cm³/mol. The number of anilines is 1. The fourth-order valence-corrected chi connectivity index (χ4v) is 3.69. The van der Waals surface area contributed by atoms with Crippen molar-refractivity contribution in [2.45, 2.75) is 19.8 Å². The molecule has 0 aliphatic heterocycles. The molecule has 104 valence electrons. The number of fused-ring (bicyclic) bond motifs is 3. The first-order valence-corrected chi connectivity index (χ1v) is 7.41. The van der Waals surface area contributed by atoms with Crippen LogP contribution in [0.1, 0.15) is 34.1 Å². The lowest BCUT2D eigenvalue weighted by Gasteiger charge is -2.07. The van der Waals surface area contributed by atoms with E-state index in [4.69, 9.17) is 5.73 Å². The first-order valence-electron chi connectivity index (χ1n) is 6.60. The van der Waals surface area contributed by atoms with Crippen molar-refractivity contribution < 1.29 is 9.18 Å². The van der Waals surface area contributed by atoms with Crippen molar-refractivity contribution in [2.24, 2.45) is 0 Å². The average molecular weight is 290 g/mol. The van der Waals surface area contributed by atoms with E-state index in [-0.39, 0.29) is 11.7 Å². The van der Waals surface area contributed by atoms with Gasteiger partial charge in [-0.2, -0.15) is 0 Å². The number of nitrogens with two attached hydrogens (primary N) is 1. The van der Waals surface area contributed by atoms with Crippen molar-refractivity contribution in [2.75, 3.05) is 12.3 Å². The highest BCUT2D eigenvalue weighted by Gasteiger charge is 2.29. The third-order valence-corrected chi connectivity index (χ3v) is 4.48. The Bertz CT molecular complexity index is 693. The van der Waals surface area contributed by atoms with Crippen LogP contribution >= 0.6 is 11.3 Å². The zero-order valence-electron chi connectivity index (χ0n) is 11.1. The quantitative estimate of drug-likeness (QED) is 0.778. The Balaban J connectivity index is 2.07. The van der Waals surface area contributed by atoms with Crippen LogP contribution in [0.4, 0.5) is 9.39 Å². The van der Waals surface area contributed by atoms with Crippen molar-refractivity contribution in [1.82, 2.24) is 5.32 Å². The van der Waals surface area contributed by atoms with Crippen LogP contribution in [0.2, 0.25) is 0 Å². The lowest BCUT2D eigenvalue weighted by atomic mass is 10.0. The highest BCUT2D eigenvalue weighted by atomic mass is 32.1. The van der Waals surface area contributed by atoms with E-state index >= 15 is 0 Å². The minimum atomic E-state index is -0.246. The van der Waals surface area contributed by atoms with Gasteiger partial charge in [0.15, 0.2) is 0 Å². The molecule has 0 saturated carbocycles. The van der Waals surface area contributed by atoms with Gasteiger partial charge in [-0.1, -0.05) is 13.0 Å². The van der Waals surface area contributed by atoms with Crippen molar-refractivity contribution in [3.05, 3.63) is 40.0 Å². The van der Waals surface area contributed by atoms with Gasteiger partial charge in [-0.3, -0.25) is 4.79 Å². The van der Waals surface area contributed by atoms with E-state index in [0.717, 1.165) is 28.0 Å². The van der Waals surface area contributed by atoms with Gasteiger partial charge in [-0.05, 0) is 29.7 Å². The average Bonchev–Trinajstić information content (AvgIpc) is 2.89. The van der Waals surface area contributed by atoms with Crippen molar-refractivity contribution >= 4 is 22.2 Å². The van der Waals surface area contributed by atoms with Crippen molar-refractivity contribution in [3.63, 3.8) is 0 Å². The molecule has 20 heavy (non-hydrogen) atoms. The summed E-state index contributed by atoms with van der Waals surface area (Å²) in [6, 6.07) is 4.70. The minimum Gasteiger partial charge on any atom is -0.390 e. The molecular formula is C15H15FN2OS. The standard InChI is InChI=1S/C15H15FN2OS/c1-2-5-18-15(19)13-12-10-4-3-9(16)6-8(10)7-11(12)20-14(13)17/h3-4,6H,2,5,7,17H2,1H3,(H,18,19). The number of thiophene rings is 1. The summed E-state index contributed by atoms with van der Waals surface area (Å²) in [5.41, 5.74) is 9.28. The van der Waals surface area contributed by atoms with E-state index in [0.29, 0.717) is 23.5 Å². The SMILES string of the molecule is CCCNC(=O)c1c(N)sc2c1-c1ccc(F)cc1C2. The summed E-state index contributed by atoms with van der Waals surface area (Å²) in [4.78, 5) is 13.3. The maximum atomic E-state index is 13.3. The fourth-order valence-electron chi connectivity index (χ4n) is 2.58.